The molecule has 2 N–H and O–H groups in total. The molecule has 0 heterocycles. The van der Waals surface area contributed by atoms with Gasteiger partial charge in [0.1, 0.15) is 11.6 Å². The van der Waals surface area contributed by atoms with Gasteiger partial charge in [-0.05, 0) is 35.6 Å². The summed E-state index contributed by atoms with van der Waals surface area (Å²) in [5.74, 6) is -1.93. The van der Waals surface area contributed by atoms with Crippen molar-refractivity contribution in [2.75, 3.05) is 13.1 Å². The van der Waals surface area contributed by atoms with Crippen molar-refractivity contribution < 1.29 is 18.4 Å². The molecule has 2 aromatic carbocycles. The summed E-state index contributed by atoms with van der Waals surface area (Å²) in [5.41, 5.74) is 0.0804. The molecule has 0 spiro atoms. The standard InChI is InChI=1S/C21H22F2N2O2/c1-20(2)12-21(20,16-9-8-15(22)10-17(16)23)13-25-18(26)11-24-19(27)14-6-4-3-5-7-14/h3-10H,11-13H2,1-2H3,(H,24,27)(H,25,26). The minimum absolute atomic E-state index is 0.170. The van der Waals surface area contributed by atoms with E-state index in [0.717, 1.165) is 6.07 Å². The molecule has 142 valence electrons. The number of carbonyl (C=O) groups is 2. The number of hydrogen-bond acceptors (Lipinski definition) is 2. The monoisotopic (exact) mass is 372 g/mol. The van der Waals surface area contributed by atoms with Gasteiger partial charge in [0.05, 0.1) is 6.54 Å². The van der Waals surface area contributed by atoms with E-state index >= 15 is 0 Å². The van der Waals surface area contributed by atoms with Gasteiger partial charge in [0.2, 0.25) is 5.91 Å². The van der Waals surface area contributed by atoms with Crippen molar-refractivity contribution in [1.82, 2.24) is 10.6 Å². The average Bonchev–Trinajstić information content (AvgIpc) is 3.20. The molecule has 1 aliphatic rings. The number of halogens is 2. The third kappa shape index (κ3) is 3.84. The molecule has 3 rings (SSSR count). The normalized spacial score (nSPS) is 20.0. The summed E-state index contributed by atoms with van der Waals surface area (Å²) < 4.78 is 27.5. The lowest BCUT2D eigenvalue weighted by Gasteiger charge is -2.22. The van der Waals surface area contributed by atoms with Crippen LogP contribution in [0.1, 0.15) is 36.2 Å². The van der Waals surface area contributed by atoms with Gasteiger partial charge in [-0.15, -0.1) is 0 Å². The van der Waals surface area contributed by atoms with Gasteiger partial charge in [-0.1, -0.05) is 38.1 Å². The van der Waals surface area contributed by atoms with Crippen LogP contribution < -0.4 is 10.6 Å². The largest absolute Gasteiger partial charge is 0.354 e. The van der Waals surface area contributed by atoms with Crippen LogP contribution in [-0.4, -0.2) is 24.9 Å². The Kier molecular flexibility index (Phi) is 5.00. The molecule has 1 unspecified atom stereocenters. The fraction of sp³-hybridized carbons (Fsp3) is 0.333. The second kappa shape index (κ2) is 7.10. The first-order valence-corrected chi connectivity index (χ1v) is 8.81. The molecule has 2 amide bonds. The highest BCUT2D eigenvalue weighted by atomic mass is 19.1. The second-order valence-corrected chi connectivity index (χ2v) is 7.59. The smallest absolute Gasteiger partial charge is 0.251 e. The molecule has 1 atom stereocenters. The molecule has 6 heteroatoms. The zero-order valence-corrected chi connectivity index (χ0v) is 15.3. The Bertz CT molecular complexity index is 868. The van der Waals surface area contributed by atoms with Crippen LogP contribution in [0.5, 0.6) is 0 Å². The Balaban J connectivity index is 1.60. The number of carbonyl (C=O) groups excluding carboxylic acids is 2. The topological polar surface area (TPSA) is 58.2 Å². The molecule has 2 aromatic rings. The van der Waals surface area contributed by atoms with Crippen molar-refractivity contribution in [2.45, 2.75) is 25.7 Å². The third-order valence-corrected chi connectivity index (χ3v) is 5.39. The maximum atomic E-state index is 14.3. The summed E-state index contributed by atoms with van der Waals surface area (Å²) in [7, 11) is 0. The van der Waals surface area contributed by atoms with Gasteiger partial charge in [-0.25, -0.2) is 8.78 Å². The number of nitrogens with one attached hydrogen (secondary N) is 2. The molecule has 1 fully saturated rings. The molecule has 1 aliphatic carbocycles. The van der Waals surface area contributed by atoms with Crippen LogP contribution in [0.15, 0.2) is 48.5 Å². The highest BCUT2D eigenvalue weighted by Gasteiger charge is 2.62. The summed E-state index contributed by atoms with van der Waals surface area (Å²) in [5, 5.41) is 5.33. The fourth-order valence-electron chi connectivity index (χ4n) is 3.61. The lowest BCUT2D eigenvalue weighted by atomic mass is 9.87. The van der Waals surface area contributed by atoms with E-state index in [1.165, 1.54) is 12.1 Å². The average molecular weight is 372 g/mol. The summed E-state index contributed by atoms with van der Waals surface area (Å²) in [6.07, 6.45) is 0.680. The first kappa shape index (κ1) is 19.0. The molecule has 0 radical (unpaired) electrons. The van der Waals surface area contributed by atoms with Gasteiger partial charge >= 0.3 is 0 Å². The molecule has 0 aliphatic heterocycles. The van der Waals surface area contributed by atoms with Crippen molar-refractivity contribution in [3.63, 3.8) is 0 Å². The summed E-state index contributed by atoms with van der Waals surface area (Å²) >= 11 is 0. The Morgan fingerprint density at radius 2 is 1.70 bits per heavy atom. The molecule has 27 heavy (non-hydrogen) atoms. The molecule has 0 bridgehead atoms. The Morgan fingerprint density at radius 3 is 2.30 bits per heavy atom. The zero-order valence-electron chi connectivity index (χ0n) is 15.3. The maximum absolute atomic E-state index is 14.3. The minimum atomic E-state index is -0.627. The van der Waals surface area contributed by atoms with E-state index < -0.39 is 17.0 Å². The quantitative estimate of drug-likeness (QED) is 0.818. The lowest BCUT2D eigenvalue weighted by molar-refractivity contribution is -0.120. The van der Waals surface area contributed by atoms with Gasteiger partial charge in [0, 0.05) is 23.6 Å². The molecule has 1 saturated carbocycles. The van der Waals surface area contributed by atoms with Gasteiger partial charge in [-0.3, -0.25) is 9.59 Å². The van der Waals surface area contributed by atoms with E-state index in [2.05, 4.69) is 10.6 Å². The Morgan fingerprint density at radius 1 is 1.04 bits per heavy atom. The van der Waals surface area contributed by atoms with E-state index in [1.54, 1.807) is 30.3 Å². The van der Waals surface area contributed by atoms with Crippen LogP contribution in [0.3, 0.4) is 0 Å². The number of rotatable bonds is 6. The van der Waals surface area contributed by atoms with Gasteiger partial charge in [-0.2, -0.15) is 0 Å². The first-order chi connectivity index (χ1) is 12.7. The van der Waals surface area contributed by atoms with Gasteiger partial charge in [0.25, 0.3) is 5.91 Å². The van der Waals surface area contributed by atoms with Crippen molar-refractivity contribution in [3.05, 3.63) is 71.3 Å². The zero-order chi connectivity index (χ0) is 19.7. The highest BCUT2D eigenvalue weighted by Crippen LogP contribution is 2.64. The Hall–Kier alpha value is -2.76. The Labute approximate surface area is 157 Å². The van der Waals surface area contributed by atoms with E-state index in [-0.39, 0.29) is 30.3 Å². The van der Waals surface area contributed by atoms with Crippen LogP contribution in [0.4, 0.5) is 8.78 Å². The maximum Gasteiger partial charge on any atom is 0.251 e. The van der Waals surface area contributed by atoms with Crippen molar-refractivity contribution in [3.8, 4) is 0 Å². The highest BCUT2D eigenvalue weighted by molar-refractivity contribution is 5.96. The molecule has 4 nitrogen and oxygen atoms in total. The molecular weight excluding hydrogens is 350 g/mol. The predicted octanol–water partition coefficient (Wildman–Crippen LogP) is 3.18. The van der Waals surface area contributed by atoms with E-state index in [0.29, 0.717) is 17.5 Å². The fourth-order valence-corrected chi connectivity index (χ4v) is 3.61. The predicted molar refractivity (Wildman–Crippen MR) is 98.2 cm³/mol. The lowest BCUT2D eigenvalue weighted by Crippen LogP contribution is -2.41. The SMILES string of the molecule is CC1(C)CC1(CNC(=O)CNC(=O)c1ccccc1)c1ccc(F)cc1F. The first-order valence-electron chi connectivity index (χ1n) is 8.81. The summed E-state index contributed by atoms with van der Waals surface area (Å²) in [6.45, 7) is 4.02. The third-order valence-electron chi connectivity index (χ3n) is 5.39. The van der Waals surface area contributed by atoms with E-state index in [4.69, 9.17) is 0 Å². The van der Waals surface area contributed by atoms with Gasteiger partial charge in [0.15, 0.2) is 0 Å². The number of benzene rings is 2. The van der Waals surface area contributed by atoms with Crippen LogP contribution in [0.25, 0.3) is 0 Å². The summed E-state index contributed by atoms with van der Waals surface area (Å²) in [4.78, 5) is 24.1. The van der Waals surface area contributed by atoms with E-state index in [9.17, 15) is 18.4 Å². The van der Waals surface area contributed by atoms with Crippen molar-refractivity contribution >= 4 is 11.8 Å². The van der Waals surface area contributed by atoms with Crippen LogP contribution in [0, 0.1) is 17.0 Å². The van der Waals surface area contributed by atoms with Crippen LogP contribution >= 0.6 is 0 Å². The van der Waals surface area contributed by atoms with E-state index in [1.807, 2.05) is 13.8 Å². The molecule has 0 aromatic heterocycles. The summed E-state index contributed by atoms with van der Waals surface area (Å²) in [6, 6.07) is 12.1. The number of hydrogen-bond donors (Lipinski definition) is 2. The van der Waals surface area contributed by atoms with Crippen LogP contribution in [-0.2, 0) is 10.2 Å². The van der Waals surface area contributed by atoms with Crippen molar-refractivity contribution in [2.24, 2.45) is 5.41 Å². The number of amides is 2. The second-order valence-electron chi connectivity index (χ2n) is 7.59. The molecular formula is C21H22F2N2O2. The van der Waals surface area contributed by atoms with Gasteiger partial charge < -0.3 is 10.6 Å². The van der Waals surface area contributed by atoms with Crippen LogP contribution in [0.2, 0.25) is 0 Å². The minimum Gasteiger partial charge on any atom is -0.354 e. The molecule has 0 saturated heterocycles. The van der Waals surface area contributed by atoms with Crippen molar-refractivity contribution in [1.29, 1.82) is 0 Å².